The van der Waals surface area contributed by atoms with Crippen LogP contribution >= 0.6 is 0 Å². The minimum atomic E-state index is -0.297. The van der Waals surface area contributed by atoms with Crippen molar-refractivity contribution in [3.05, 3.63) is 47.4 Å². The van der Waals surface area contributed by atoms with Gasteiger partial charge < -0.3 is 10.5 Å². The van der Waals surface area contributed by atoms with E-state index in [-0.39, 0.29) is 11.9 Å². The Balaban J connectivity index is 2.04. The van der Waals surface area contributed by atoms with E-state index < -0.39 is 0 Å². The summed E-state index contributed by atoms with van der Waals surface area (Å²) >= 11 is 0. The van der Waals surface area contributed by atoms with Crippen molar-refractivity contribution in [2.45, 2.75) is 40.0 Å². The molecule has 2 N–H and O–H groups in total. The van der Waals surface area contributed by atoms with Crippen molar-refractivity contribution in [3.8, 4) is 5.69 Å². The highest BCUT2D eigenvalue weighted by Gasteiger charge is 2.18. The van der Waals surface area contributed by atoms with Gasteiger partial charge in [0, 0.05) is 17.7 Å². The molecule has 0 saturated carbocycles. The second-order valence-electron chi connectivity index (χ2n) is 6.29. The van der Waals surface area contributed by atoms with Crippen molar-refractivity contribution in [1.29, 1.82) is 0 Å². The number of pyridine rings is 1. The number of nitrogen functional groups attached to an aromatic ring is 1. The van der Waals surface area contributed by atoms with Gasteiger partial charge in [-0.1, -0.05) is 19.1 Å². The molecule has 0 aliphatic heterocycles. The number of fused-ring (bicyclic) bond motifs is 1. The van der Waals surface area contributed by atoms with Gasteiger partial charge >= 0.3 is 5.97 Å². The van der Waals surface area contributed by atoms with Crippen molar-refractivity contribution in [2.24, 2.45) is 0 Å². The Kier molecular flexibility index (Phi) is 4.93. The largest absolute Gasteiger partial charge is 0.466 e. The van der Waals surface area contributed by atoms with Crippen molar-refractivity contribution in [2.75, 3.05) is 12.3 Å². The average molecular weight is 352 g/mol. The van der Waals surface area contributed by atoms with Crippen LogP contribution in [0, 0.1) is 6.92 Å². The highest BCUT2D eigenvalue weighted by atomic mass is 16.5. The molecular formula is C20H24N4O2. The molecule has 1 aromatic carbocycles. The quantitative estimate of drug-likeness (QED) is 0.710. The molecule has 0 aliphatic carbocycles. The van der Waals surface area contributed by atoms with Crippen LogP contribution < -0.4 is 5.73 Å². The Bertz CT molecular complexity index is 945. The predicted molar refractivity (Wildman–Crippen MR) is 102 cm³/mol. The number of aryl methyl sites for hydroxylation is 2. The topological polar surface area (TPSA) is 83.0 Å². The molecule has 0 radical (unpaired) electrons. The zero-order chi connectivity index (χ0) is 18.8. The first kappa shape index (κ1) is 17.9. The second kappa shape index (κ2) is 7.15. The minimum absolute atomic E-state index is 0.213. The number of rotatable bonds is 5. The van der Waals surface area contributed by atoms with Crippen LogP contribution in [0.3, 0.4) is 0 Å². The van der Waals surface area contributed by atoms with E-state index >= 15 is 0 Å². The third-order valence-corrected chi connectivity index (χ3v) is 4.64. The smallest absolute Gasteiger partial charge is 0.313 e. The average Bonchev–Trinajstić information content (AvgIpc) is 3.04. The number of hydrogen-bond acceptors (Lipinski definition) is 5. The van der Waals surface area contributed by atoms with Crippen molar-refractivity contribution in [1.82, 2.24) is 14.5 Å². The molecule has 0 bridgehead atoms. The van der Waals surface area contributed by atoms with Gasteiger partial charge in [0.05, 0.1) is 24.4 Å². The molecular weight excluding hydrogens is 328 g/mol. The number of imidazole rings is 1. The Hall–Kier alpha value is -2.89. The molecule has 26 heavy (non-hydrogen) atoms. The molecule has 2 aromatic heterocycles. The molecule has 6 heteroatoms. The number of nitrogens with zero attached hydrogens (tertiary/aromatic N) is 3. The summed E-state index contributed by atoms with van der Waals surface area (Å²) in [6.45, 7) is 8.07. The Morgan fingerprint density at radius 1 is 1.27 bits per heavy atom. The third kappa shape index (κ3) is 3.03. The van der Waals surface area contributed by atoms with Gasteiger partial charge in [-0.3, -0.25) is 9.36 Å². The lowest BCUT2D eigenvalue weighted by molar-refractivity contribution is -0.144. The van der Waals surface area contributed by atoms with E-state index in [4.69, 9.17) is 15.5 Å². The van der Waals surface area contributed by atoms with Crippen LogP contribution in [0.5, 0.6) is 0 Å². The standard InChI is InChI=1S/C20H24N4O2/c1-5-17-23-18-13(4)16(21)11-22-19(18)24(17)15-9-7-14(8-10-15)12(3)20(25)26-6-2/h7-12H,5-6,21H2,1-4H3. The number of ether oxygens (including phenoxy) is 1. The lowest BCUT2D eigenvalue weighted by atomic mass is 10.0. The zero-order valence-electron chi connectivity index (χ0n) is 15.6. The highest BCUT2D eigenvalue weighted by molar-refractivity contribution is 5.82. The van der Waals surface area contributed by atoms with Crippen molar-refractivity contribution >= 4 is 22.8 Å². The third-order valence-electron chi connectivity index (χ3n) is 4.64. The summed E-state index contributed by atoms with van der Waals surface area (Å²) in [5, 5.41) is 0. The van der Waals surface area contributed by atoms with Crippen molar-refractivity contribution < 1.29 is 9.53 Å². The van der Waals surface area contributed by atoms with Crippen LogP contribution in [0.25, 0.3) is 16.9 Å². The summed E-state index contributed by atoms with van der Waals surface area (Å²) in [5.74, 6) is 0.414. The summed E-state index contributed by atoms with van der Waals surface area (Å²) in [7, 11) is 0. The maximum atomic E-state index is 11.9. The van der Waals surface area contributed by atoms with E-state index in [0.717, 1.165) is 40.2 Å². The summed E-state index contributed by atoms with van der Waals surface area (Å²) < 4.78 is 7.15. The van der Waals surface area contributed by atoms with Crippen LogP contribution in [0.2, 0.25) is 0 Å². The second-order valence-corrected chi connectivity index (χ2v) is 6.29. The van der Waals surface area contributed by atoms with Gasteiger partial charge in [0.1, 0.15) is 11.3 Å². The summed E-state index contributed by atoms with van der Waals surface area (Å²) in [4.78, 5) is 21.2. The van der Waals surface area contributed by atoms with E-state index in [1.54, 1.807) is 6.20 Å². The van der Waals surface area contributed by atoms with Crippen LogP contribution in [0.15, 0.2) is 30.5 Å². The fraction of sp³-hybridized carbons (Fsp3) is 0.350. The number of aromatic nitrogens is 3. The van der Waals surface area contributed by atoms with Gasteiger partial charge in [0.15, 0.2) is 5.65 Å². The summed E-state index contributed by atoms with van der Waals surface area (Å²) in [5.41, 5.74) is 11.1. The van der Waals surface area contributed by atoms with Gasteiger partial charge in [-0.2, -0.15) is 0 Å². The lowest BCUT2D eigenvalue weighted by Crippen LogP contribution is -2.13. The first-order chi connectivity index (χ1) is 12.5. The molecule has 6 nitrogen and oxygen atoms in total. The number of anilines is 1. The van der Waals surface area contributed by atoms with E-state index in [0.29, 0.717) is 12.3 Å². The Morgan fingerprint density at radius 3 is 2.58 bits per heavy atom. The first-order valence-electron chi connectivity index (χ1n) is 8.87. The first-order valence-corrected chi connectivity index (χ1v) is 8.87. The zero-order valence-corrected chi connectivity index (χ0v) is 15.6. The predicted octanol–water partition coefficient (Wildman–Crippen LogP) is 3.54. The van der Waals surface area contributed by atoms with Crippen LogP contribution in [-0.2, 0) is 16.0 Å². The monoisotopic (exact) mass is 352 g/mol. The molecule has 0 fully saturated rings. The van der Waals surface area contributed by atoms with Crippen LogP contribution in [-0.4, -0.2) is 27.1 Å². The molecule has 1 unspecified atom stereocenters. The summed E-state index contributed by atoms with van der Waals surface area (Å²) in [6.07, 6.45) is 2.45. The number of nitrogens with two attached hydrogens (primary N) is 1. The van der Waals surface area contributed by atoms with E-state index in [9.17, 15) is 4.79 Å². The van der Waals surface area contributed by atoms with Crippen LogP contribution in [0.1, 0.15) is 43.6 Å². The maximum absolute atomic E-state index is 11.9. The molecule has 2 heterocycles. The van der Waals surface area contributed by atoms with Gasteiger partial charge in [0.25, 0.3) is 0 Å². The fourth-order valence-electron chi connectivity index (χ4n) is 3.02. The van der Waals surface area contributed by atoms with Gasteiger partial charge in [-0.05, 0) is 38.5 Å². The van der Waals surface area contributed by atoms with E-state index in [2.05, 4.69) is 11.9 Å². The Morgan fingerprint density at radius 2 is 1.96 bits per heavy atom. The molecule has 3 rings (SSSR count). The normalized spacial score (nSPS) is 12.3. The number of carbonyl (C=O) groups is 1. The number of benzene rings is 1. The van der Waals surface area contributed by atoms with Crippen molar-refractivity contribution in [3.63, 3.8) is 0 Å². The molecule has 1 atom stereocenters. The number of hydrogen-bond donors (Lipinski definition) is 1. The molecule has 3 aromatic rings. The molecule has 0 aliphatic rings. The molecule has 0 saturated heterocycles. The van der Waals surface area contributed by atoms with Gasteiger partial charge in [-0.25, -0.2) is 9.97 Å². The van der Waals surface area contributed by atoms with E-state index in [1.165, 1.54) is 0 Å². The van der Waals surface area contributed by atoms with Crippen LogP contribution in [0.4, 0.5) is 5.69 Å². The fourth-order valence-corrected chi connectivity index (χ4v) is 3.02. The molecule has 0 amide bonds. The van der Waals surface area contributed by atoms with E-state index in [1.807, 2.05) is 49.6 Å². The van der Waals surface area contributed by atoms with Gasteiger partial charge in [0.2, 0.25) is 0 Å². The number of esters is 1. The lowest BCUT2D eigenvalue weighted by Gasteiger charge is -2.13. The molecule has 0 spiro atoms. The SMILES string of the molecule is CCOC(=O)C(C)c1ccc(-n2c(CC)nc3c(C)c(N)cnc32)cc1. The highest BCUT2D eigenvalue weighted by Crippen LogP contribution is 2.26. The molecule has 136 valence electrons. The Labute approximate surface area is 153 Å². The summed E-state index contributed by atoms with van der Waals surface area (Å²) in [6, 6.07) is 7.87. The minimum Gasteiger partial charge on any atom is -0.466 e. The number of carbonyl (C=O) groups excluding carboxylic acids is 1. The van der Waals surface area contributed by atoms with Gasteiger partial charge in [-0.15, -0.1) is 0 Å². The maximum Gasteiger partial charge on any atom is 0.313 e.